The van der Waals surface area contributed by atoms with E-state index in [1.807, 2.05) is 36.4 Å². The molecule has 1 N–H and O–H groups in total. The van der Waals surface area contributed by atoms with Gasteiger partial charge in [0, 0.05) is 19.4 Å². The lowest BCUT2D eigenvalue weighted by Gasteiger charge is -2.19. The van der Waals surface area contributed by atoms with Crippen LogP contribution in [0.3, 0.4) is 0 Å². The SMILES string of the molecule is CCOC(=O)CCCCCCN1C(=O)OCC1C=C[C@@H](O)Cc1ccccc1. The largest absolute Gasteiger partial charge is 0.466 e. The Bertz CT molecular complexity index is 631. The Morgan fingerprint density at radius 1 is 1.29 bits per heavy atom. The van der Waals surface area contributed by atoms with Gasteiger partial charge in [0.2, 0.25) is 0 Å². The molecule has 0 aliphatic carbocycles. The zero-order chi connectivity index (χ0) is 20.2. The number of amides is 1. The van der Waals surface area contributed by atoms with Gasteiger partial charge < -0.3 is 14.6 Å². The highest BCUT2D eigenvalue weighted by Gasteiger charge is 2.30. The van der Waals surface area contributed by atoms with Crippen molar-refractivity contribution in [2.45, 2.75) is 57.6 Å². The molecule has 154 valence electrons. The molecule has 0 radical (unpaired) electrons. The van der Waals surface area contributed by atoms with Gasteiger partial charge >= 0.3 is 12.1 Å². The fraction of sp³-hybridized carbons (Fsp3) is 0.545. The van der Waals surface area contributed by atoms with Crippen molar-refractivity contribution in [2.24, 2.45) is 0 Å². The van der Waals surface area contributed by atoms with Gasteiger partial charge in [-0.15, -0.1) is 0 Å². The van der Waals surface area contributed by atoms with E-state index in [0.29, 0.717) is 32.6 Å². The molecule has 0 saturated carbocycles. The van der Waals surface area contributed by atoms with Crippen LogP contribution in [-0.4, -0.2) is 54.0 Å². The molecule has 0 spiro atoms. The maximum atomic E-state index is 11.9. The van der Waals surface area contributed by atoms with Gasteiger partial charge in [0.25, 0.3) is 0 Å². The van der Waals surface area contributed by atoms with Crippen LogP contribution in [0.4, 0.5) is 4.79 Å². The lowest BCUT2D eigenvalue weighted by Crippen LogP contribution is -2.33. The number of cyclic esters (lactones) is 1. The first-order valence-corrected chi connectivity index (χ1v) is 10.1. The molecule has 1 saturated heterocycles. The summed E-state index contributed by atoms with van der Waals surface area (Å²) in [5, 5.41) is 10.2. The van der Waals surface area contributed by atoms with Crippen LogP contribution in [0.2, 0.25) is 0 Å². The number of rotatable bonds is 12. The van der Waals surface area contributed by atoms with Gasteiger partial charge in [-0.25, -0.2) is 4.79 Å². The Kier molecular flexibility index (Phi) is 9.55. The van der Waals surface area contributed by atoms with E-state index >= 15 is 0 Å². The molecule has 28 heavy (non-hydrogen) atoms. The second-order valence-corrected chi connectivity index (χ2v) is 6.95. The highest BCUT2D eigenvalue weighted by Crippen LogP contribution is 2.16. The summed E-state index contributed by atoms with van der Waals surface area (Å²) in [5.41, 5.74) is 1.07. The number of aliphatic hydroxyl groups excluding tert-OH is 1. The Balaban J connectivity index is 1.69. The molecular weight excluding hydrogens is 358 g/mol. The number of esters is 1. The molecule has 1 aliphatic heterocycles. The molecule has 1 fully saturated rings. The summed E-state index contributed by atoms with van der Waals surface area (Å²) >= 11 is 0. The summed E-state index contributed by atoms with van der Waals surface area (Å²) in [6.07, 6.45) is 7.22. The Morgan fingerprint density at radius 3 is 2.79 bits per heavy atom. The van der Waals surface area contributed by atoms with Crippen LogP contribution in [0, 0.1) is 0 Å². The number of aliphatic hydroxyl groups is 1. The van der Waals surface area contributed by atoms with Crippen LogP contribution < -0.4 is 0 Å². The van der Waals surface area contributed by atoms with Crippen LogP contribution >= 0.6 is 0 Å². The monoisotopic (exact) mass is 389 g/mol. The number of carbonyl (C=O) groups is 2. The van der Waals surface area contributed by atoms with E-state index in [1.54, 1.807) is 17.9 Å². The molecule has 1 heterocycles. The highest BCUT2D eigenvalue weighted by atomic mass is 16.6. The summed E-state index contributed by atoms with van der Waals surface area (Å²) < 4.78 is 10.1. The summed E-state index contributed by atoms with van der Waals surface area (Å²) in [6.45, 7) is 3.15. The highest BCUT2D eigenvalue weighted by molar-refractivity contribution is 5.70. The van der Waals surface area contributed by atoms with Crippen molar-refractivity contribution >= 4 is 12.1 Å². The lowest BCUT2D eigenvalue weighted by molar-refractivity contribution is -0.143. The summed E-state index contributed by atoms with van der Waals surface area (Å²) in [7, 11) is 0. The fourth-order valence-electron chi connectivity index (χ4n) is 3.20. The number of hydrogen-bond donors (Lipinski definition) is 1. The van der Waals surface area contributed by atoms with E-state index < -0.39 is 6.10 Å². The quantitative estimate of drug-likeness (QED) is 0.336. The third kappa shape index (κ3) is 7.72. The third-order valence-corrected chi connectivity index (χ3v) is 4.69. The van der Waals surface area contributed by atoms with Crippen molar-refractivity contribution in [3.05, 3.63) is 48.0 Å². The van der Waals surface area contributed by atoms with E-state index in [9.17, 15) is 14.7 Å². The maximum Gasteiger partial charge on any atom is 0.410 e. The van der Waals surface area contributed by atoms with Crippen LogP contribution in [0.15, 0.2) is 42.5 Å². The molecule has 0 aromatic heterocycles. The van der Waals surface area contributed by atoms with Gasteiger partial charge in [0.15, 0.2) is 0 Å². The number of carbonyl (C=O) groups excluding carboxylic acids is 2. The number of benzene rings is 1. The van der Waals surface area contributed by atoms with Crippen molar-refractivity contribution in [3.8, 4) is 0 Å². The van der Waals surface area contributed by atoms with E-state index in [-0.39, 0.29) is 18.1 Å². The van der Waals surface area contributed by atoms with Gasteiger partial charge in [-0.1, -0.05) is 55.3 Å². The zero-order valence-electron chi connectivity index (χ0n) is 16.6. The topological polar surface area (TPSA) is 76.1 Å². The van der Waals surface area contributed by atoms with E-state index in [1.165, 1.54) is 0 Å². The molecular formula is C22H31NO5. The van der Waals surface area contributed by atoms with Gasteiger partial charge in [-0.3, -0.25) is 9.69 Å². The zero-order valence-corrected chi connectivity index (χ0v) is 16.6. The predicted octanol–water partition coefficient (Wildman–Crippen LogP) is 3.48. The van der Waals surface area contributed by atoms with Crippen molar-refractivity contribution < 1.29 is 24.2 Å². The smallest absolute Gasteiger partial charge is 0.410 e. The van der Waals surface area contributed by atoms with Crippen LogP contribution in [0.25, 0.3) is 0 Å². The van der Waals surface area contributed by atoms with Crippen LogP contribution in [0.5, 0.6) is 0 Å². The summed E-state index contributed by atoms with van der Waals surface area (Å²) in [4.78, 5) is 24.9. The lowest BCUT2D eigenvalue weighted by atomic mass is 10.1. The van der Waals surface area contributed by atoms with Gasteiger partial charge in [0.05, 0.1) is 18.8 Å². The van der Waals surface area contributed by atoms with Gasteiger partial charge in [-0.2, -0.15) is 0 Å². The van der Waals surface area contributed by atoms with Crippen molar-refractivity contribution in [1.82, 2.24) is 4.90 Å². The second-order valence-electron chi connectivity index (χ2n) is 6.95. The van der Waals surface area contributed by atoms with Crippen molar-refractivity contribution in [1.29, 1.82) is 0 Å². The summed E-state index contributed by atoms with van der Waals surface area (Å²) in [5.74, 6) is -0.148. The van der Waals surface area contributed by atoms with E-state index in [0.717, 1.165) is 31.2 Å². The first-order chi connectivity index (χ1) is 13.6. The normalized spacial score (nSPS) is 17.7. The minimum atomic E-state index is -0.595. The molecule has 1 aromatic rings. The average Bonchev–Trinajstić information content (AvgIpc) is 3.03. The average molecular weight is 389 g/mol. The van der Waals surface area contributed by atoms with E-state index in [4.69, 9.17) is 9.47 Å². The maximum absolute atomic E-state index is 11.9. The molecule has 2 rings (SSSR count). The minimum absolute atomic E-state index is 0.141. The third-order valence-electron chi connectivity index (χ3n) is 4.69. The second kappa shape index (κ2) is 12.2. The molecule has 6 nitrogen and oxygen atoms in total. The van der Waals surface area contributed by atoms with Crippen molar-refractivity contribution in [3.63, 3.8) is 0 Å². The van der Waals surface area contributed by atoms with Crippen LogP contribution in [-0.2, 0) is 20.7 Å². The molecule has 1 amide bonds. The van der Waals surface area contributed by atoms with E-state index in [2.05, 4.69) is 0 Å². The summed E-state index contributed by atoms with van der Waals surface area (Å²) in [6, 6.07) is 9.66. The van der Waals surface area contributed by atoms with Gasteiger partial charge in [-0.05, 0) is 25.3 Å². The Hall–Kier alpha value is -2.34. The molecule has 1 aliphatic rings. The van der Waals surface area contributed by atoms with Gasteiger partial charge in [0.1, 0.15) is 6.61 Å². The molecule has 1 aromatic carbocycles. The predicted molar refractivity (Wildman–Crippen MR) is 107 cm³/mol. The van der Waals surface area contributed by atoms with Crippen LogP contribution in [0.1, 0.15) is 44.6 Å². The Morgan fingerprint density at radius 2 is 2.04 bits per heavy atom. The molecule has 6 heteroatoms. The molecule has 0 bridgehead atoms. The number of hydrogen-bond acceptors (Lipinski definition) is 5. The minimum Gasteiger partial charge on any atom is -0.466 e. The Labute approximate surface area is 167 Å². The molecule has 1 unspecified atom stereocenters. The number of nitrogens with zero attached hydrogens (tertiary/aromatic N) is 1. The molecule has 2 atom stereocenters. The number of ether oxygens (including phenoxy) is 2. The standard InChI is InChI=1S/C22H31NO5/c1-2-27-21(25)12-8-3-4-9-15-23-19(17-28-22(23)26)13-14-20(24)16-18-10-6-5-7-11-18/h5-7,10-11,13-14,19-20,24H,2-4,8-9,12,15-17H2,1H3/t19?,20-/m1/s1. The van der Waals surface area contributed by atoms with Crippen molar-refractivity contribution in [2.75, 3.05) is 19.8 Å². The fourth-order valence-corrected chi connectivity index (χ4v) is 3.20. The first-order valence-electron chi connectivity index (χ1n) is 10.1. The number of unbranched alkanes of at least 4 members (excludes halogenated alkanes) is 3. The first kappa shape index (κ1) is 22.0.